The highest BCUT2D eigenvalue weighted by atomic mass is 32.2. The van der Waals surface area contributed by atoms with Crippen molar-refractivity contribution in [1.82, 2.24) is 0 Å². The number of nitrogens with zero attached hydrogens (tertiary/aromatic N) is 2. The summed E-state index contributed by atoms with van der Waals surface area (Å²) in [6, 6.07) is 8.73. The summed E-state index contributed by atoms with van der Waals surface area (Å²) in [5, 5.41) is 13.8. The first-order chi connectivity index (χ1) is 14.1. The Morgan fingerprint density at radius 1 is 1.17 bits per heavy atom. The molecule has 0 unspecified atom stereocenters. The number of amides is 1. The van der Waals surface area contributed by atoms with Crippen LogP contribution < -0.4 is 19.1 Å². The van der Waals surface area contributed by atoms with Gasteiger partial charge in [0.2, 0.25) is 15.9 Å². The van der Waals surface area contributed by atoms with Gasteiger partial charge in [-0.25, -0.2) is 8.42 Å². The normalized spacial score (nSPS) is 12.0. The van der Waals surface area contributed by atoms with Gasteiger partial charge in [0.1, 0.15) is 6.04 Å². The van der Waals surface area contributed by atoms with E-state index in [4.69, 9.17) is 9.47 Å². The number of sulfonamides is 1. The highest BCUT2D eigenvalue weighted by Gasteiger charge is 2.32. The molecule has 0 heterocycles. The van der Waals surface area contributed by atoms with Crippen molar-refractivity contribution in [3.63, 3.8) is 0 Å². The predicted octanol–water partition coefficient (Wildman–Crippen LogP) is 2.80. The maximum atomic E-state index is 13.0. The molecule has 2 rings (SSSR count). The quantitative estimate of drug-likeness (QED) is 0.472. The van der Waals surface area contributed by atoms with Gasteiger partial charge in [-0.1, -0.05) is 13.0 Å². The Bertz CT molecular complexity index is 1040. The molecule has 0 aliphatic rings. The Labute approximate surface area is 174 Å². The van der Waals surface area contributed by atoms with Crippen molar-refractivity contribution in [2.75, 3.05) is 30.1 Å². The molecule has 10 nitrogen and oxygen atoms in total. The van der Waals surface area contributed by atoms with E-state index >= 15 is 0 Å². The zero-order valence-corrected chi connectivity index (χ0v) is 17.8. The number of nitro groups is 1. The first kappa shape index (κ1) is 22.9. The van der Waals surface area contributed by atoms with Gasteiger partial charge in [-0.15, -0.1) is 0 Å². The van der Waals surface area contributed by atoms with Crippen molar-refractivity contribution < 1.29 is 27.6 Å². The smallest absolute Gasteiger partial charge is 0.271 e. The van der Waals surface area contributed by atoms with Crippen LogP contribution in [-0.4, -0.2) is 45.8 Å². The molecule has 0 saturated heterocycles. The first-order valence-corrected chi connectivity index (χ1v) is 10.7. The molecule has 1 N–H and O–H groups in total. The van der Waals surface area contributed by atoms with Gasteiger partial charge in [-0.3, -0.25) is 19.2 Å². The summed E-state index contributed by atoms with van der Waals surface area (Å²) in [7, 11) is -0.999. The van der Waals surface area contributed by atoms with Crippen LogP contribution in [0.5, 0.6) is 11.5 Å². The second-order valence-corrected chi connectivity index (χ2v) is 8.18. The molecule has 11 heteroatoms. The molecule has 1 atom stereocenters. The fourth-order valence-electron chi connectivity index (χ4n) is 2.94. The van der Waals surface area contributed by atoms with Crippen LogP contribution in [0.15, 0.2) is 42.5 Å². The molecular weight excluding hydrogens is 414 g/mol. The van der Waals surface area contributed by atoms with Crippen LogP contribution in [0.4, 0.5) is 17.1 Å². The lowest BCUT2D eigenvalue weighted by atomic mass is 10.1. The third-order valence-corrected chi connectivity index (χ3v) is 5.46. The number of hydrogen-bond acceptors (Lipinski definition) is 7. The summed E-state index contributed by atoms with van der Waals surface area (Å²) in [5.74, 6) is 0.264. The summed E-state index contributed by atoms with van der Waals surface area (Å²) in [6.07, 6.45) is 1.08. The fraction of sp³-hybridized carbons (Fsp3) is 0.316. The van der Waals surface area contributed by atoms with Crippen LogP contribution in [0.3, 0.4) is 0 Å². The van der Waals surface area contributed by atoms with Crippen molar-refractivity contribution in [1.29, 1.82) is 0 Å². The summed E-state index contributed by atoms with van der Waals surface area (Å²) in [5.41, 5.74) is 0.126. The molecule has 2 aromatic rings. The number of non-ortho nitro benzene ring substituents is 1. The molecule has 0 saturated carbocycles. The number of nitrogens with one attached hydrogen (secondary N) is 1. The summed E-state index contributed by atoms with van der Waals surface area (Å²) in [6.45, 7) is 1.65. The van der Waals surface area contributed by atoms with Crippen molar-refractivity contribution >= 4 is 33.0 Å². The number of hydrogen-bond donors (Lipinski definition) is 1. The third-order valence-electron chi connectivity index (χ3n) is 4.28. The van der Waals surface area contributed by atoms with Crippen molar-refractivity contribution in [3.8, 4) is 11.5 Å². The largest absolute Gasteiger partial charge is 0.493 e. The summed E-state index contributed by atoms with van der Waals surface area (Å²) in [4.78, 5) is 23.4. The summed E-state index contributed by atoms with van der Waals surface area (Å²) < 4.78 is 36.2. The Morgan fingerprint density at radius 2 is 1.83 bits per heavy atom. The molecule has 0 radical (unpaired) electrons. The molecule has 0 aliphatic heterocycles. The van der Waals surface area contributed by atoms with E-state index in [2.05, 4.69) is 5.32 Å². The molecule has 0 spiro atoms. The zero-order valence-electron chi connectivity index (χ0n) is 17.0. The monoisotopic (exact) mass is 437 g/mol. The minimum atomic E-state index is -3.93. The van der Waals surface area contributed by atoms with Gasteiger partial charge in [0.05, 0.1) is 31.1 Å². The van der Waals surface area contributed by atoms with Crippen LogP contribution in [0.1, 0.15) is 13.3 Å². The number of benzene rings is 2. The average Bonchev–Trinajstić information content (AvgIpc) is 2.70. The first-order valence-electron chi connectivity index (χ1n) is 8.89. The lowest BCUT2D eigenvalue weighted by Gasteiger charge is -2.30. The number of methoxy groups -OCH3 is 2. The lowest BCUT2D eigenvalue weighted by Crippen LogP contribution is -2.47. The third kappa shape index (κ3) is 5.17. The van der Waals surface area contributed by atoms with Crippen LogP contribution in [0.25, 0.3) is 0 Å². The van der Waals surface area contributed by atoms with Crippen LogP contribution >= 0.6 is 0 Å². The van der Waals surface area contributed by atoms with Crippen LogP contribution in [-0.2, 0) is 14.8 Å². The van der Waals surface area contributed by atoms with E-state index in [9.17, 15) is 23.3 Å². The predicted molar refractivity (Wildman–Crippen MR) is 113 cm³/mol. The average molecular weight is 437 g/mol. The van der Waals surface area contributed by atoms with Crippen LogP contribution in [0, 0.1) is 10.1 Å². The van der Waals surface area contributed by atoms with Gasteiger partial charge in [0.25, 0.3) is 5.69 Å². The minimum Gasteiger partial charge on any atom is -0.493 e. The SMILES string of the molecule is CC[C@H](C(=O)Nc1ccc(OC)c(OC)c1)N(c1cccc([N+](=O)[O-])c1)S(C)(=O)=O. The van der Waals surface area contributed by atoms with E-state index in [1.165, 1.54) is 32.4 Å². The van der Waals surface area contributed by atoms with E-state index in [-0.39, 0.29) is 17.8 Å². The second kappa shape index (κ2) is 9.44. The van der Waals surface area contributed by atoms with Crippen molar-refractivity contribution in [3.05, 3.63) is 52.6 Å². The van der Waals surface area contributed by atoms with E-state index in [1.807, 2.05) is 0 Å². The number of carbonyl (C=O) groups excluding carboxylic acids is 1. The van der Waals surface area contributed by atoms with Crippen molar-refractivity contribution in [2.24, 2.45) is 0 Å². The van der Waals surface area contributed by atoms with Gasteiger partial charge in [-0.2, -0.15) is 0 Å². The highest BCUT2D eigenvalue weighted by molar-refractivity contribution is 7.92. The van der Waals surface area contributed by atoms with Gasteiger partial charge >= 0.3 is 0 Å². The Kier molecular flexibility index (Phi) is 7.22. The molecule has 162 valence electrons. The molecule has 0 aliphatic carbocycles. The van der Waals surface area contributed by atoms with E-state index in [1.54, 1.807) is 25.1 Å². The molecular formula is C19H23N3O7S. The second-order valence-electron chi connectivity index (χ2n) is 6.32. The number of carbonyl (C=O) groups is 1. The van der Waals surface area contributed by atoms with E-state index < -0.39 is 26.9 Å². The zero-order chi connectivity index (χ0) is 22.5. The molecule has 0 bridgehead atoms. The van der Waals surface area contributed by atoms with Gasteiger partial charge in [0, 0.05) is 23.9 Å². The Morgan fingerprint density at radius 3 is 2.37 bits per heavy atom. The maximum absolute atomic E-state index is 13.0. The Balaban J connectivity index is 2.41. The van der Waals surface area contributed by atoms with E-state index in [0.29, 0.717) is 17.2 Å². The van der Waals surface area contributed by atoms with Crippen molar-refractivity contribution in [2.45, 2.75) is 19.4 Å². The maximum Gasteiger partial charge on any atom is 0.271 e. The highest BCUT2D eigenvalue weighted by Crippen LogP contribution is 2.31. The summed E-state index contributed by atoms with van der Waals surface area (Å²) >= 11 is 0. The number of rotatable bonds is 9. The molecule has 0 fully saturated rings. The molecule has 2 aromatic carbocycles. The minimum absolute atomic E-state index is 0.0287. The number of anilines is 2. The van der Waals surface area contributed by atoms with Gasteiger partial charge in [0.15, 0.2) is 11.5 Å². The standard InChI is InChI=1S/C19H23N3O7S/c1-5-16(19(23)20-13-9-10-17(28-2)18(11-13)29-3)21(30(4,26)27)14-7-6-8-15(12-14)22(24)25/h6-12,16H,5H2,1-4H3,(H,20,23)/t16-/m1/s1. The fourth-order valence-corrected chi connectivity index (χ4v) is 4.15. The number of ether oxygens (including phenoxy) is 2. The molecule has 0 aromatic heterocycles. The lowest BCUT2D eigenvalue weighted by molar-refractivity contribution is -0.384. The Hall–Kier alpha value is -3.34. The van der Waals surface area contributed by atoms with Crippen LogP contribution in [0.2, 0.25) is 0 Å². The van der Waals surface area contributed by atoms with Gasteiger partial charge < -0.3 is 14.8 Å². The molecule has 1 amide bonds. The number of nitro benzene ring substituents is 1. The topological polar surface area (TPSA) is 128 Å². The van der Waals surface area contributed by atoms with E-state index in [0.717, 1.165) is 16.6 Å². The molecule has 30 heavy (non-hydrogen) atoms. The van der Waals surface area contributed by atoms with Gasteiger partial charge in [-0.05, 0) is 24.6 Å².